The predicted octanol–water partition coefficient (Wildman–Crippen LogP) is 2.43. The van der Waals surface area contributed by atoms with Crippen molar-refractivity contribution in [2.24, 2.45) is 11.8 Å². The van der Waals surface area contributed by atoms with E-state index in [1.165, 1.54) is 24.3 Å². The van der Waals surface area contributed by atoms with Crippen molar-refractivity contribution < 1.29 is 19.3 Å². The number of nitrogens with zero attached hydrogens (tertiary/aromatic N) is 3. The molecule has 0 unspecified atom stereocenters. The van der Waals surface area contributed by atoms with Crippen LogP contribution in [0.2, 0.25) is 0 Å². The van der Waals surface area contributed by atoms with E-state index in [0.29, 0.717) is 17.8 Å². The number of ketones is 1. The van der Waals surface area contributed by atoms with Gasteiger partial charge in [0, 0.05) is 23.7 Å². The molecule has 0 aliphatic carbocycles. The summed E-state index contributed by atoms with van der Waals surface area (Å²) in [5.74, 6) is -2.15. The number of fused-ring (bicyclic) bond motifs is 3. The third kappa shape index (κ3) is 2.60. The molecule has 5 rings (SSSR count). The van der Waals surface area contributed by atoms with Crippen LogP contribution in [0, 0.1) is 22.0 Å². The second-order valence-electron chi connectivity index (χ2n) is 7.96. The first-order chi connectivity index (χ1) is 14.5. The number of non-ortho nitro benzene ring substituents is 1. The van der Waals surface area contributed by atoms with Crippen molar-refractivity contribution in [3.8, 4) is 0 Å². The monoisotopic (exact) mass is 405 g/mol. The van der Waals surface area contributed by atoms with Gasteiger partial charge in [-0.2, -0.15) is 0 Å². The second kappa shape index (κ2) is 6.84. The van der Waals surface area contributed by atoms with Gasteiger partial charge in [-0.05, 0) is 31.5 Å². The molecule has 0 aromatic heterocycles. The van der Waals surface area contributed by atoms with Crippen LogP contribution in [0.4, 0.5) is 11.4 Å². The summed E-state index contributed by atoms with van der Waals surface area (Å²) >= 11 is 0. The van der Waals surface area contributed by atoms with Gasteiger partial charge in [0.25, 0.3) is 5.69 Å². The third-order valence-corrected chi connectivity index (χ3v) is 6.50. The van der Waals surface area contributed by atoms with Crippen molar-refractivity contribution in [3.63, 3.8) is 0 Å². The minimum absolute atomic E-state index is 0.114. The van der Waals surface area contributed by atoms with E-state index in [1.807, 2.05) is 11.0 Å². The lowest BCUT2D eigenvalue weighted by molar-refractivity contribution is -0.384. The molecule has 3 fully saturated rings. The van der Waals surface area contributed by atoms with Crippen molar-refractivity contribution >= 4 is 29.0 Å². The molecule has 0 N–H and O–H groups in total. The number of carbonyl (C=O) groups excluding carboxylic acids is 3. The highest BCUT2D eigenvalue weighted by Gasteiger charge is 2.64. The average molecular weight is 405 g/mol. The van der Waals surface area contributed by atoms with E-state index in [9.17, 15) is 24.5 Å². The van der Waals surface area contributed by atoms with Gasteiger partial charge in [-0.1, -0.05) is 30.3 Å². The molecule has 2 aromatic rings. The van der Waals surface area contributed by atoms with Crippen molar-refractivity contribution in [1.82, 2.24) is 4.90 Å². The molecule has 2 aromatic carbocycles. The topological polar surface area (TPSA) is 101 Å². The highest BCUT2D eigenvalue weighted by molar-refractivity contribution is 6.24. The number of hydrogen-bond donors (Lipinski definition) is 0. The van der Waals surface area contributed by atoms with E-state index >= 15 is 0 Å². The van der Waals surface area contributed by atoms with Crippen LogP contribution in [0.15, 0.2) is 54.6 Å². The number of anilines is 1. The summed E-state index contributed by atoms with van der Waals surface area (Å²) in [6, 6.07) is 13.4. The summed E-state index contributed by atoms with van der Waals surface area (Å²) in [7, 11) is 0. The quantitative estimate of drug-likeness (QED) is 0.335. The van der Waals surface area contributed by atoms with E-state index in [2.05, 4.69) is 0 Å². The maximum atomic E-state index is 13.4. The lowest BCUT2D eigenvalue weighted by Gasteiger charge is -2.27. The lowest BCUT2D eigenvalue weighted by atomic mass is 9.85. The van der Waals surface area contributed by atoms with Gasteiger partial charge >= 0.3 is 0 Å². The van der Waals surface area contributed by atoms with Gasteiger partial charge < -0.3 is 0 Å². The molecular formula is C22H19N3O5. The maximum absolute atomic E-state index is 13.4. The van der Waals surface area contributed by atoms with E-state index < -0.39 is 28.7 Å². The molecule has 0 bridgehead atoms. The molecule has 2 amide bonds. The van der Waals surface area contributed by atoms with Gasteiger partial charge in [-0.3, -0.25) is 29.4 Å². The van der Waals surface area contributed by atoms with Crippen molar-refractivity contribution in [2.75, 3.05) is 11.4 Å². The highest BCUT2D eigenvalue weighted by atomic mass is 16.6. The Morgan fingerprint density at radius 1 is 0.967 bits per heavy atom. The fraction of sp³-hybridized carbons (Fsp3) is 0.318. The van der Waals surface area contributed by atoms with Gasteiger partial charge in [0.05, 0.1) is 28.5 Å². The first kappa shape index (κ1) is 18.6. The number of nitro groups is 1. The van der Waals surface area contributed by atoms with Crippen LogP contribution in [0.25, 0.3) is 0 Å². The molecule has 3 aliphatic heterocycles. The van der Waals surface area contributed by atoms with Crippen molar-refractivity contribution in [1.29, 1.82) is 0 Å². The molecule has 3 aliphatic rings. The number of Topliss-reactive ketones (excluding diaryl/α,β-unsaturated/α-hetero) is 1. The molecule has 8 heteroatoms. The van der Waals surface area contributed by atoms with Crippen LogP contribution in [0.1, 0.15) is 23.2 Å². The van der Waals surface area contributed by atoms with Crippen LogP contribution < -0.4 is 4.90 Å². The van der Waals surface area contributed by atoms with Crippen LogP contribution in [0.5, 0.6) is 0 Å². The molecule has 3 saturated heterocycles. The largest absolute Gasteiger partial charge is 0.292 e. The van der Waals surface area contributed by atoms with E-state index in [1.54, 1.807) is 24.3 Å². The lowest BCUT2D eigenvalue weighted by Crippen LogP contribution is -2.46. The Kier molecular flexibility index (Phi) is 4.25. The van der Waals surface area contributed by atoms with E-state index in [0.717, 1.165) is 17.7 Å². The minimum atomic E-state index is -0.731. The molecule has 0 spiro atoms. The first-order valence-electron chi connectivity index (χ1n) is 9.96. The number of nitro benzene ring substituents is 1. The smallest absolute Gasteiger partial charge is 0.269 e. The van der Waals surface area contributed by atoms with Crippen LogP contribution in [0.3, 0.4) is 0 Å². The Hall–Kier alpha value is -3.39. The van der Waals surface area contributed by atoms with Crippen molar-refractivity contribution in [3.05, 3.63) is 70.3 Å². The minimum Gasteiger partial charge on any atom is -0.292 e. The zero-order valence-electron chi connectivity index (χ0n) is 16.0. The van der Waals surface area contributed by atoms with Crippen molar-refractivity contribution in [2.45, 2.75) is 24.9 Å². The number of amides is 2. The summed E-state index contributed by atoms with van der Waals surface area (Å²) < 4.78 is 0. The van der Waals surface area contributed by atoms with E-state index in [4.69, 9.17) is 0 Å². The van der Waals surface area contributed by atoms with Crippen LogP contribution >= 0.6 is 0 Å². The Labute approximate surface area is 172 Å². The normalized spacial score (nSPS) is 27.9. The Balaban J connectivity index is 1.52. The SMILES string of the molecule is O=C(c1ccccc1)[C@@H]1[C@@H]2C(=O)N(c3ccc([N+](=O)[O-])cc3)C(=O)[C@@H]2[C@@H]2CCCN12. The molecule has 4 atom stereocenters. The highest BCUT2D eigenvalue weighted by Crippen LogP contribution is 2.48. The number of benzene rings is 2. The molecular weight excluding hydrogens is 386 g/mol. The van der Waals surface area contributed by atoms with Gasteiger partial charge in [0.15, 0.2) is 5.78 Å². The summed E-state index contributed by atoms with van der Waals surface area (Å²) in [4.78, 5) is 53.6. The van der Waals surface area contributed by atoms with Crippen LogP contribution in [-0.4, -0.2) is 46.0 Å². The zero-order chi connectivity index (χ0) is 21.0. The average Bonchev–Trinajstić information content (AvgIpc) is 3.40. The second-order valence-corrected chi connectivity index (χ2v) is 7.96. The number of hydrogen-bond acceptors (Lipinski definition) is 6. The molecule has 152 valence electrons. The Morgan fingerprint density at radius 2 is 1.63 bits per heavy atom. The summed E-state index contributed by atoms with van der Waals surface area (Å²) in [6.07, 6.45) is 1.65. The maximum Gasteiger partial charge on any atom is 0.269 e. The third-order valence-electron chi connectivity index (χ3n) is 6.50. The molecule has 0 radical (unpaired) electrons. The predicted molar refractivity (Wildman–Crippen MR) is 107 cm³/mol. The fourth-order valence-electron chi connectivity index (χ4n) is 5.27. The molecule has 0 saturated carbocycles. The standard InChI is InChI=1S/C22H19N3O5/c26-20(13-5-2-1-3-6-13)19-18-17(16-7-4-12-23(16)19)21(27)24(22(18)28)14-8-10-15(11-9-14)25(29)30/h1-3,5-6,8-11,16-19H,4,7,12H2/t16-,17+,18+,19-/m0/s1. The first-order valence-corrected chi connectivity index (χ1v) is 9.96. The van der Waals surface area contributed by atoms with E-state index in [-0.39, 0.29) is 23.4 Å². The molecule has 8 nitrogen and oxygen atoms in total. The van der Waals surface area contributed by atoms with Gasteiger partial charge in [0.1, 0.15) is 0 Å². The number of imide groups is 1. The van der Waals surface area contributed by atoms with Crippen LogP contribution in [-0.2, 0) is 9.59 Å². The molecule has 30 heavy (non-hydrogen) atoms. The molecule has 3 heterocycles. The number of rotatable bonds is 4. The zero-order valence-corrected chi connectivity index (χ0v) is 16.0. The summed E-state index contributed by atoms with van der Waals surface area (Å²) in [5.41, 5.74) is 0.723. The van der Waals surface area contributed by atoms with Gasteiger partial charge in [-0.15, -0.1) is 0 Å². The van der Waals surface area contributed by atoms with Gasteiger partial charge in [-0.25, -0.2) is 4.90 Å². The Bertz CT molecular complexity index is 1050. The summed E-state index contributed by atoms with van der Waals surface area (Å²) in [6.45, 7) is 0.693. The summed E-state index contributed by atoms with van der Waals surface area (Å²) in [5, 5.41) is 10.9. The van der Waals surface area contributed by atoms with Gasteiger partial charge in [0.2, 0.25) is 11.8 Å². The Morgan fingerprint density at radius 3 is 2.30 bits per heavy atom. The fourth-order valence-corrected chi connectivity index (χ4v) is 5.27. The number of carbonyl (C=O) groups is 3.